The smallest absolute Gasteiger partial charge is 0.129 e. The van der Waals surface area contributed by atoms with Crippen molar-refractivity contribution in [1.29, 1.82) is 0 Å². The highest BCUT2D eigenvalue weighted by Crippen LogP contribution is 2.36. The SMILES string of the molecule is Cc1ccc2c(c1)OCc1cn[nH]c1-2. The predicted octanol–water partition coefficient (Wildman–Crippen LogP) is 2.28. The highest BCUT2D eigenvalue weighted by Gasteiger charge is 2.18. The number of ether oxygens (including phenoxy) is 1. The van der Waals surface area contributed by atoms with Crippen LogP contribution >= 0.6 is 0 Å². The number of aromatic nitrogens is 2. The maximum Gasteiger partial charge on any atom is 0.129 e. The molecule has 3 nitrogen and oxygen atoms in total. The summed E-state index contributed by atoms with van der Waals surface area (Å²) in [5, 5.41) is 7.02. The Morgan fingerprint density at radius 3 is 3.29 bits per heavy atom. The van der Waals surface area contributed by atoms with Crippen molar-refractivity contribution in [2.24, 2.45) is 0 Å². The number of rotatable bonds is 0. The highest BCUT2D eigenvalue weighted by atomic mass is 16.5. The van der Waals surface area contributed by atoms with Gasteiger partial charge in [0.15, 0.2) is 0 Å². The van der Waals surface area contributed by atoms with Crippen LogP contribution in [0.2, 0.25) is 0 Å². The van der Waals surface area contributed by atoms with E-state index in [1.807, 2.05) is 6.20 Å². The lowest BCUT2D eigenvalue weighted by Crippen LogP contribution is -2.03. The molecule has 1 aromatic carbocycles. The average molecular weight is 186 g/mol. The normalized spacial score (nSPS) is 12.9. The third kappa shape index (κ3) is 0.954. The first-order valence-electron chi connectivity index (χ1n) is 4.60. The van der Waals surface area contributed by atoms with Crippen LogP contribution in [0, 0.1) is 6.92 Å². The quantitative estimate of drug-likeness (QED) is 0.685. The van der Waals surface area contributed by atoms with Gasteiger partial charge in [-0.15, -0.1) is 0 Å². The lowest BCUT2D eigenvalue weighted by molar-refractivity contribution is 0.302. The van der Waals surface area contributed by atoms with Gasteiger partial charge >= 0.3 is 0 Å². The van der Waals surface area contributed by atoms with Crippen molar-refractivity contribution < 1.29 is 4.74 Å². The van der Waals surface area contributed by atoms with E-state index in [0.29, 0.717) is 6.61 Å². The number of benzene rings is 1. The van der Waals surface area contributed by atoms with E-state index in [4.69, 9.17) is 4.74 Å². The highest BCUT2D eigenvalue weighted by molar-refractivity contribution is 5.71. The van der Waals surface area contributed by atoms with E-state index in [0.717, 1.165) is 22.6 Å². The number of nitrogens with one attached hydrogen (secondary N) is 1. The molecule has 3 heteroatoms. The molecule has 0 bridgehead atoms. The number of fused-ring (bicyclic) bond motifs is 3. The van der Waals surface area contributed by atoms with Crippen LogP contribution in [-0.2, 0) is 6.61 Å². The van der Waals surface area contributed by atoms with E-state index in [2.05, 4.69) is 35.3 Å². The van der Waals surface area contributed by atoms with Crippen LogP contribution < -0.4 is 4.74 Å². The van der Waals surface area contributed by atoms with E-state index < -0.39 is 0 Å². The first kappa shape index (κ1) is 7.62. The average Bonchev–Trinajstić information content (AvgIpc) is 2.65. The summed E-state index contributed by atoms with van der Waals surface area (Å²) < 4.78 is 5.63. The molecule has 1 N–H and O–H groups in total. The molecule has 0 amide bonds. The van der Waals surface area contributed by atoms with Crippen LogP contribution in [0.25, 0.3) is 11.3 Å². The molecule has 0 atom stereocenters. The Morgan fingerprint density at radius 1 is 1.43 bits per heavy atom. The zero-order chi connectivity index (χ0) is 9.54. The first-order chi connectivity index (χ1) is 6.84. The van der Waals surface area contributed by atoms with E-state index in [1.54, 1.807) is 0 Å². The van der Waals surface area contributed by atoms with Crippen molar-refractivity contribution >= 4 is 0 Å². The second-order valence-corrected chi connectivity index (χ2v) is 3.56. The molecule has 0 radical (unpaired) electrons. The largest absolute Gasteiger partial charge is 0.488 e. The molecule has 70 valence electrons. The Hall–Kier alpha value is -1.77. The van der Waals surface area contributed by atoms with Crippen LogP contribution in [0.5, 0.6) is 5.75 Å². The molecule has 3 rings (SSSR count). The maximum atomic E-state index is 5.63. The molecule has 2 aromatic rings. The van der Waals surface area contributed by atoms with Gasteiger partial charge in [-0.2, -0.15) is 5.10 Å². The van der Waals surface area contributed by atoms with Crippen molar-refractivity contribution in [3.05, 3.63) is 35.5 Å². The van der Waals surface area contributed by atoms with Gasteiger partial charge in [-0.05, 0) is 24.6 Å². The summed E-state index contributed by atoms with van der Waals surface area (Å²) in [6, 6.07) is 6.21. The molecule has 0 spiro atoms. The molecule has 2 heterocycles. The van der Waals surface area contributed by atoms with E-state index in [1.165, 1.54) is 5.56 Å². The summed E-state index contributed by atoms with van der Waals surface area (Å²) in [6.45, 7) is 2.68. The number of aryl methyl sites for hydroxylation is 1. The number of nitrogens with zero attached hydrogens (tertiary/aromatic N) is 1. The number of hydrogen-bond acceptors (Lipinski definition) is 2. The molecule has 0 saturated carbocycles. The maximum absolute atomic E-state index is 5.63. The molecule has 0 fully saturated rings. The Labute approximate surface area is 81.7 Å². The third-order valence-corrected chi connectivity index (χ3v) is 2.51. The second-order valence-electron chi connectivity index (χ2n) is 3.56. The molecule has 0 unspecified atom stereocenters. The summed E-state index contributed by atoms with van der Waals surface area (Å²) in [4.78, 5) is 0. The Morgan fingerprint density at radius 2 is 2.36 bits per heavy atom. The van der Waals surface area contributed by atoms with Gasteiger partial charge in [0.2, 0.25) is 0 Å². The fraction of sp³-hybridized carbons (Fsp3) is 0.182. The minimum Gasteiger partial charge on any atom is -0.488 e. The third-order valence-electron chi connectivity index (χ3n) is 2.51. The van der Waals surface area contributed by atoms with Gasteiger partial charge in [-0.1, -0.05) is 6.07 Å². The lowest BCUT2D eigenvalue weighted by Gasteiger charge is -2.17. The number of aromatic amines is 1. The Kier molecular flexibility index (Phi) is 1.42. The van der Waals surface area contributed by atoms with Gasteiger partial charge in [0.05, 0.1) is 11.9 Å². The fourth-order valence-corrected chi connectivity index (χ4v) is 1.76. The standard InChI is InChI=1S/C11H10N2O/c1-7-2-3-9-10(4-7)14-6-8-5-12-13-11(8)9/h2-5H,6H2,1H3,(H,12,13). The monoisotopic (exact) mass is 186 g/mol. The van der Waals surface area contributed by atoms with E-state index in [9.17, 15) is 0 Å². The summed E-state index contributed by atoms with van der Waals surface area (Å²) in [7, 11) is 0. The first-order valence-corrected chi connectivity index (χ1v) is 4.60. The van der Waals surface area contributed by atoms with Gasteiger partial charge < -0.3 is 4.74 Å². The molecule has 0 aliphatic carbocycles. The predicted molar refractivity (Wildman–Crippen MR) is 53.1 cm³/mol. The van der Waals surface area contributed by atoms with Crippen LogP contribution in [0.3, 0.4) is 0 Å². The van der Waals surface area contributed by atoms with E-state index in [-0.39, 0.29) is 0 Å². The summed E-state index contributed by atoms with van der Waals surface area (Å²) in [6.07, 6.45) is 1.82. The zero-order valence-corrected chi connectivity index (χ0v) is 7.87. The van der Waals surface area contributed by atoms with Crippen molar-refractivity contribution in [2.75, 3.05) is 0 Å². The number of H-pyrrole nitrogens is 1. The Bertz CT molecular complexity index is 488. The van der Waals surface area contributed by atoms with Crippen LogP contribution in [-0.4, -0.2) is 10.2 Å². The molecule has 1 aromatic heterocycles. The molecule has 14 heavy (non-hydrogen) atoms. The molecule has 1 aliphatic rings. The van der Waals surface area contributed by atoms with E-state index >= 15 is 0 Å². The van der Waals surface area contributed by atoms with Crippen molar-refractivity contribution in [2.45, 2.75) is 13.5 Å². The van der Waals surface area contributed by atoms with Gasteiger partial charge in [0.1, 0.15) is 12.4 Å². The van der Waals surface area contributed by atoms with Crippen molar-refractivity contribution in [1.82, 2.24) is 10.2 Å². The van der Waals surface area contributed by atoms with Crippen molar-refractivity contribution in [3.8, 4) is 17.0 Å². The fourth-order valence-electron chi connectivity index (χ4n) is 1.76. The van der Waals surface area contributed by atoms with Crippen LogP contribution in [0.15, 0.2) is 24.4 Å². The molecular weight excluding hydrogens is 176 g/mol. The molecule has 1 aliphatic heterocycles. The van der Waals surface area contributed by atoms with Crippen molar-refractivity contribution in [3.63, 3.8) is 0 Å². The molecule has 0 saturated heterocycles. The second kappa shape index (κ2) is 2.61. The Balaban J connectivity index is 2.26. The minimum absolute atomic E-state index is 0.613. The minimum atomic E-state index is 0.613. The summed E-state index contributed by atoms with van der Waals surface area (Å²) in [5.41, 5.74) is 4.54. The van der Waals surface area contributed by atoms with Gasteiger partial charge in [-0.3, -0.25) is 5.10 Å². The summed E-state index contributed by atoms with van der Waals surface area (Å²) >= 11 is 0. The van der Waals surface area contributed by atoms with Gasteiger partial charge in [0.25, 0.3) is 0 Å². The van der Waals surface area contributed by atoms with Crippen LogP contribution in [0.4, 0.5) is 0 Å². The topological polar surface area (TPSA) is 37.9 Å². The molecular formula is C11H10N2O. The van der Waals surface area contributed by atoms with Crippen LogP contribution in [0.1, 0.15) is 11.1 Å². The van der Waals surface area contributed by atoms with Gasteiger partial charge in [0, 0.05) is 11.1 Å². The zero-order valence-electron chi connectivity index (χ0n) is 7.87. The van der Waals surface area contributed by atoms with Gasteiger partial charge in [-0.25, -0.2) is 0 Å². The number of hydrogen-bond donors (Lipinski definition) is 1. The summed E-state index contributed by atoms with van der Waals surface area (Å²) in [5.74, 6) is 0.946. The lowest BCUT2D eigenvalue weighted by atomic mass is 10.0.